The van der Waals surface area contributed by atoms with Gasteiger partial charge in [0.2, 0.25) is 0 Å². The Balaban J connectivity index is 2.51. The van der Waals surface area contributed by atoms with Crippen molar-refractivity contribution >= 4 is 11.6 Å². The molecule has 0 fully saturated rings. The summed E-state index contributed by atoms with van der Waals surface area (Å²) in [5.41, 5.74) is 0. The van der Waals surface area contributed by atoms with Gasteiger partial charge < -0.3 is 4.57 Å². The van der Waals surface area contributed by atoms with Gasteiger partial charge in [-0.25, -0.2) is 0 Å². The lowest BCUT2D eigenvalue weighted by atomic mass is 10.2. The summed E-state index contributed by atoms with van der Waals surface area (Å²) in [6.07, 6.45) is 4.68. The summed E-state index contributed by atoms with van der Waals surface area (Å²) in [6.45, 7) is 2.20. The van der Waals surface area contributed by atoms with E-state index in [1.165, 1.54) is 19.3 Å². The molecular weight excluding hydrogens is 186 g/mol. The predicted molar refractivity (Wildman–Crippen MR) is 53.8 cm³/mol. The van der Waals surface area contributed by atoms with Crippen LogP contribution in [0.1, 0.15) is 37.8 Å². The molecule has 1 rings (SSSR count). The van der Waals surface area contributed by atoms with Crippen molar-refractivity contribution < 1.29 is 0 Å². The Bertz CT molecular complexity index is 257. The molecule has 13 heavy (non-hydrogen) atoms. The smallest absolute Gasteiger partial charge is 0.147 e. The largest absolute Gasteiger partial charge is 0.317 e. The SMILES string of the molecule is CCCCCc1nnc(CCl)n1C. The van der Waals surface area contributed by atoms with Crippen LogP contribution in [0.2, 0.25) is 0 Å². The second-order valence-corrected chi connectivity index (χ2v) is 3.45. The van der Waals surface area contributed by atoms with E-state index in [0.717, 1.165) is 18.1 Å². The zero-order chi connectivity index (χ0) is 9.68. The highest BCUT2D eigenvalue weighted by molar-refractivity contribution is 6.16. The predicted octanol–water partition coefficient (Wildman–Crippen LogP) is 2.29. The van der Waals surface area contributed by atoms with E-state index in [4.69, 9.17) is 11.6 Å². The summed E-state index contributed by atoms with van der Waals surface area (Å²) in [7, 11) is 1.97. The molecule has 0 amide bonds. The van der Waals surface area contributed by atoms with Gasteiger partial charge >= 0.3 is 0 Å². The van der Waals surface area contributed by atoms with Gasteiger partial charge in [0.05, 0.1) is 5.88 Å². The van der Waals surface area contributed by atoms with Gasteiger partial charge in [-0.05, 0) is 6.42 Å². The highest BCUT2D eigenvalue weighted by atomic mass is 35.5. The van der Waals surface area contributed by atoms with E-state index < -0.39 is 0 Å². The van der Waals surface area contributed by atoms with Crippen LogP contribution in [0, 0.1) is 0 Å². The van der Waals surface area contributed by atoms with E-state index >= 15 is 0 Å². The van der Waals surface area contributed by atoms with Gasteiger partial charge in [-0.2, -0.15) is 0 Å². The third-order valence-corrected chi connectivity index (χ3v) is 2.42. The molecule has 0 atom stereocenters. The number of aryl methyl sites for hydroxylation is 1. The normalized spacial score (nSPS) is 10.7. The highest BCUT2D eigenvalue weighted by Gasteiger charge is 2.05. The fourth-order valence-electron chi connectivity index (χ4n) is 1.27. The number of alkyl halides is 1. The first kappa shape index (κ1) is 10.5. The topological polar surface area (TPSA) is 30.7 Å². The van der Waals surface area contributed by atoms with Crippen molar-refractivity contribution in [1.29, 1.82) is 0 Å². The minimum absolute atomic E-state index is 0.442. The minimum atomic E-state index is 0.442. The lowest BCUT2D eigenvalue weighted by molar-refractivity contribution is 0.666. The van der Waals surface area contributed by atoms with E-state index in [1.54, 1.807) is 0 Å². The Hall–Kier alpha value is -0.570. The van der Waals surface area contributed by atoms with Crippen molar-refractivity contribution in [3.8, 4) is 0 Å². The van der Waals surface area contributed by atoms with Gasteiger partial charge in [0, 0.05) is 13.5 Å². The first-order valence-corrected chi connectivity index (χ1v) is 5.26. The lowest BCUT2D eigenvalue weighted by Gasteiger charge is -2.00. The standard InChI is InChI=1S/C9H16ClN3/c1-3-4-5-6-8-11-12-9(7-10)13(8)2/h3-7H2,1-2H3. The molecule has 0 saturated heterocycles. The maximum atomic E-state index is 5.68. The lowest BCUT2D eigenvalue weighted by Crippen LogP contribution is -2.00. The number of unbranched alkanes of at least 4 members (excludes halogenated alkanes) is 2. The summed E-state index contributed by atoms with van der Waals surface area (Å²) < 4.78 is 1.99. The first-order valence-electron chi connectivity index (χ1n) is 4.72. The number of nitrogens with zero attached hydrogens (tertiary/aromatic N) is 3. The van der Waals surface area contributed by atoms with Gasteiger partial charge in [0.1, 0.15) is 11.6 Å². The molecule has 0 aliphatic rings. The maximum Gasteiger partial charge on any atom is 0.147 e. The third-order valence-electron chi connectivity index (χ3n) is 2.18. The first-order chi connectivity index (χ1) is 6.29. The fraction of sp³-hybridized carbons (Fsp3) is 0.778. The van der Waals surface area contributed by atoms with Crippen molar-refractivity contribution in [3.63, 3.8) is 0 Å². The van der Waals surface area contributed by atoms with Crippen LogP contribution in [-0.4, -0.2) is 14.8 Å². The van der Waals surface area contributed by atoms with Crippen molar-refractivity contribution in [1.82, 2.24) is 14.8 Å². The van der Waals surface area contributed by atoms with E-state index in [2.05, 4.69) is 17.1 Å². The van der Waals surface area contributed by atoms with Crippen molar-refractivity contribution in [2.24, 2.45) is 7.05 Å². The molecule has 74 valence electrons. The summed E-state index contributed by atoms with van der Waals surface area (Å²) in [5.74, 6) is 2.34. The van der Waals surface area contributed by atoms with Crippen LogP contribution in [-0.2, 0) is 19.3 Å². The molecule has 0 aliphatic heterocycles. The van der Waals surface area contributed by atoms with Gasteiger partial charge in [-0.3, -0.25) is 0 Å². The Morgan fingerprint density at radius 3 is 2.46 bits per heavy atom. The molecule has 1 aromatic rings. The molecule has 0 spiro atoms. The number of rotatable bonds is 5. The minimum Gasteiger partial charge on any atom is -0.317 e. The Morgan fingerprint density at radius 1 is 1.23 bits per heavy atom. The molecule has 0 bridgehead atoms. The summed E-state index contributed by atoms with van der Waals surface area (Å²) in [5, 5.41) is 8.08. The molecule has 1 heterocycles. The zero-order valence-electron chi connectivity index (χ0n) is 8.26. The van der Waals surface area contributed by atoms with E-state index in [9.17, 15) is 0 Å². The highest BCUT2D eigenvalue weighted by Crippen LogP contribution is 2.06. The van der Waals surface area contributed by atoms with Crippen molar-refractivity contribution in [3.05, 3.63) is 11.6 Å². The number of aromatic nitrogens is 3. The van der Waals surface area contributed by atoms with Crippen LogP contribution in [0.5, 0.6) is 0 Å². The number of halogens is 1. The van der Waals surface area contributed by atoms with Crippen LogP contribution in [0.3, 0.4) is 0 Å². The van der Waals surface area contributed by atoms with E-state index in [-0.39, 0.29) is 0 Å². The van der Waals surface area contributed by atoms with E-state index in [0.29, 0.717) is 5.88 Å². The molecule has 0 unspecified atom stereocenters. The maximum absolute atomic E-state index is 5.68. The van der Waals surface area contributed by atoms with Gasteiger partial charge in [0.25, 0.3) is 0 Å². The second-order valence-electron chi connectivity index (χ2n) is 3.18. The average Bonchev–Trinajstić information content (AvgIpc) is 2.48. The van der Waals surface area contributed by atoms with Crippen LogP contribution in [0.4, 0.5) is 0 Å². The molecule has 0 saturated carbocycles. The molecule has 0 radical (unpaired) electrons. The number of hydrogen-bond acceptors (Lipinski definition) is 2. The number of hydrogen-bond donors (Lipinski definition) is 0. The summed E-state index contributed by atoms with van der Waals surface area (Å²) >= 11 is 5.68. The van der Waals surface area contributed by atoms with Crippen molar-refractivity contribution in [2.45, 2.75) is 38.5 Å². The van der Waals surface area contributed by atoms with Crippen LogP contribution in [0.25, 0.3) is 0 Å². The third kappa shape index (κ3) is 2.69. The fourth-order valence-corrected chi connectivity index (χ4v) is 1.50. The average molecular weight is 202 g/mol. The van der Waals surface area contributed by atoms with Crippen LogP contribution >= 0.6 is 11.6 Å². The molecular formula is C9H16ClN3. The Labute approximate surface area is 84.1 Å². The van der Waals surface area contributed by atoms with Gasteiger partial charge in [0.15, 0.2) is 0 Å². The summed E-state index contributed by atoms with van der Waals surface area (Å²) in [4.78, 5) is 0. The molecule has 0 aliphatic carbocycles. The van der Waals surface area contributed by atoms with Crippen LogP contribution < -0.4 is 0 Å². The summed E-state index contributed by atoms with van der Waals surface area (Å²) in [6, 6.07) is 0. The molecule has 0 N–H and O–H groups in total. The molecule has 3 nitrogen and oxygen atoms in total. The molecule has 4 heteroatoms. The van der Waals surface area contributed by atoms with Gasteiger partial charge in [-0.1, -0.05) is 19.8 Å². The zero-order valence-corrected chi connectivity index (χ0v) is 9.01. The second kappa shape index (κ2) is 5.22. The molecule has 0 aromatic carbocycles. The Morgan fingerprint density at radius 2 is 1.92 bits per heavy atom. The Kier molecular flexibility index (Phi) is 4.22. The monoisotopic (exact) mass is 201 g/mol. The molecule has 1 aromatic heterocycles. The quantitative estimate of drug-likeness (QED) is 0.541. The van der Waals surface area contributed by atoms with E-state index in [1.807, 2.05) is 11.6 Å². The van der Waals surface area contributed by atoms with Gasteiger partial charge in [-0.15, -0.1) is 21.8 Å². The van der Waals surface area contributed by atoms with Crippen molar-refractivity contribution in [2.75, 3.05) is 0 Å². The van der Waals surface area contributed by atoms with Crippen LogP contribution in [0.15, 0.2) is 0 Å².